The number of carboxylic acids is 1. The number of likely N-dealkylation sites (N-methyl/N-ethyl adjacent to an activating group) is 1. The second kappa shape index (κ2) is 21.3. The monoisotopic (exact) mass is 671 g/mol. The molecule has 13 nitrogen and oxygen atoms in total. The highest BCUT2D eigenvalue weighted by Gasteiger charge is 2.31. The lowest BCUT2D eigenvalue weighted by Crippen LogP contribution is -2.49. The van der Waals surface area contributed by atoms with E-state index in [0.717, 1.165) is 37.1 Å². The number of phenols is 2. The van der Waals surface area contributed by atoms with Gasteiger partial charge in [-0.15, -0.1) is 0 Å². The van der Waals surface area contributed by atoms with Crippen LogP contribution in [0.1, 0.15) is 89.8 Å². The molecular formula is C35H53N5O8. The summed E-state index contributed by atoms with van der Waals surface area (Å²) in [7, 11) is 1.37. The summed E-state index contributed by atoms with van der Waals surface area (Å²) >= 11 is 0. The lowest BCUT2D eigenvalue weighted by molar-refractivity contribution is -0.142. The second-order valence-electron chi connectivity index (χ2n) is 11.5. The number of fused-ring (bicyclic) bond motifs is 5. The van der Waals surface area contributed by atoms with Crippen molar-refractivity contribution in [3.8, 4) is 22.6 Å². The van der Waals surface area contributed by atoms with Crippen molar-refractivity contribution in [1.29, 1.82) is 0 Å². The first-order valence-corrected chi connectivity index (χ1v) is 16.1. The minimum absolute atomic E-state index is 0. The van der Waals surface area contributed by atoms with Gasteiger partial charge < -0.3 is 41.9 Å². The van der Waals surface area contributed by atoms with Crippen molar-refractivity contribution < 1.29 is 39.3 Å². The SMILES string of the molecule is C.CCCCCCCC(=O)NCC(=O)N(C)C1C(=O)NCC(=O)N[C@H](C(=O)O)Cc2ccc(O)c(c2)-c2cc1ccc2O.CCCCN. The van der Waals surface area contributed by atoms with Crippen LogP contribution in [0.3, 0.4) is 0 Å². The normalized spacial score (nSPS) is 15.7. The predicted molar refractivity (Wildman–Crippen MR) is 184 cm³/mol. The first kappa shape index (κ1) is 41.4. The van der Waals surface area contributed by atoms with Crippen molar-refractivity contribution in [2.75, 3.05) is 26.7 Å². The van der Waals surface area contributed by atoms with Crippen molar-refractivity contribution in [3.05, 3.63) is 47.5 Å². The van der Waals surface area contributed by atoms with Gasteiger partial charge >= 0.3 is 5.97 Å². The molecule has 1 unspecified atom stereocenters. The third-order valence-corrected chi connectivity index (χ3v) is 7.71. The van der Waals surface area contributed by atoms with Gasteiger partial charge in [-0.3, -0.25) is 19.2 Å². The van der Waals surface area contributed by atoms with Crippen LogP contribution in [0.2, 0.25) is 0 Å². The van der Waals surface area contributed by atoms with E-state index >= 15 is 0 Å². The van der Waals surface area contributed by atoms with Gasteiger partial charge in [0, 0.05) is 31.0 Å². The van der Waals surface area contributed by atoms with Crippen molar-refractivity contribution in [2.45, 2.75) is 91.1 Å². The van der Waals surface area contributed by atoms with E-state index in [1.165, 1.54) is 56.3 Å². The standard InChI is InChI=1S/C30H38N4O8.C4H11N.CH4/c1-3-4-5-6-7-8-25(37)31-17-27(39)34(2)28-19-10-12-24(36)21(15-19)20-13-18(9-11-23(20)35)14-22(30(41)42)33-26(38)16-32-29(28)40;1-2-3-4-5;/h9-13,15,22,28,35-36H,3-8,14,16-17H2,1-2H3,(H,31,37)(H,32,40)(H,33,38)(H,41,42);2-5H2,1H3;1H4/t22-,28?;;/m0../s1. The molecule has 0 spiro atoms. The largest absolute Gasteiger partial charge is 0.507 e. The van der Waals surface area contributed by atoms with Crippen LogP contribution >= 0.6 is 0 Å². The fraction of sp³-hybridized carbons (Fsp3) is 0.514. The number of hydrogen-bond acceptors (Lipinski definition) is 8. The van der Waals surface area contributed by atoms with Gasteiger partial charge in [-0.25, -0.2) is 4.79 Å². The Morgan fingerprint density at radius 1 is 0.938 bits per heavy atom. The molecule has 1 aliphatic heterocycles. The first-order valence-electron chi connectivity index (χ1n) is 16.1. The third kappa shape index (κ3) is 12.9. The topological polar surface area (TPSA) is 211 Å². The maximum atomic E-state index is 13.4. The molecule has 13 heteroatoms. The zero-order valence-electron chi connectivity index (χ0n) is 27.5. The number of aromatic hydroxyl groups is 2. The van der Waals surface area contributed by atoms with Crippen molar-refractivity contribution in [2.24, 2.45) is 5.73 Å². The number of rotatable bonds is 12. The van der Waals surface area contributed by atoms with Crippen LogP contribution in [0.15, 0.2) is 36.4 Å². The summed E-state index contributed by atoms with van der Waals surface area (Å²) in [5.41, 5.74) is 6.18. The van der Waals surface area contributed by atoms with Crippen LogP contribution in [0.4, 0.5) is 0 Å². The fourth-order valence-electron chi connectivity index (χ4n) is 4.99. The molecule has 2 aromatic carbocycles. The summed E-state index contributed by atoms with van der Waals surface area (Å²) in [5, 5.41) is 38.3. The number of aliphatic carboxylic acids is 1. The average Bonchev–Trinajstić information content (AvgIpc) is 3.04. The van der Waals surface area contributed by atoms with Gasteiger partial charge in [0.1, 0.15) is 23.6 Å². The van der Waals surface area contributed by atoms with E-state index in [9.17, 15) is 39.3 Å². The number of unbranched alkanes of at least 4 members (excludes halogenated alkanes) is 5. The van der Waals surface area contributed by atoms with E-state index in [1.807, 2.05) is 0 Å². The van der Waals surface area contributed by atoms with Crippen molar-refractivity contribution in [3.63, 3.8) is 0 Å². The highest BCUT2D eigenvalue weighted by Crippen LogP contribution is 2.38. The average molecular weight is 672 g/mol. The maximum absolute atomic E-state index is 13.4. The molecule has 4 bridgehead atoms. The number of amides is 4. The molecule has 8 N–H and O–H groups in total. The molecule has 48 heavy (non-hydrogen) atoms. The van der Waals surface area contributed by atoms with Crippen molar-refractivity contribution >= 4 is 29.6 Å². The van der Waals surface area contributed by atoms with Gasteiger partial charge in [-0.2, -0.15) is 0 Å². The quantitative estimate of drug-likeness (QED) is 0.165. The number of nitrogens with zero attached hydrogens (tertiary/aromatic N) is 1. The highest BCUT2D eigenvalue weighted by molar-refractivity contribution is 5.94. The molecule has 0 radical (unpaired) electrons. The minimum atomic E-state index is -1.33. The van der Waals surface area contributed by atoms with E-state index in [-0.39, 0.29) is 60.9 Å². The second-order valence-corrected chi connectivity index (χ2v) is 11.5. The van der Waals surface area contributed by atoms with Crippen LogP contribution in [-0.4, -0.2) is 82.5 Å². The Kier molecular flexibility index (Phi) is 18.3. The Morgan fingerprint density at radius 3 is 2.17 bits per heavy atom. The minimum Gasteiger partial charge on any atom is -0.507 e. The first-order chi connectivity index (χ1) is 22.4. The van der Waals surface area contributed by atoms with E-state index in [4.69, 9.17) is 5.73 Å². The van der Waals surface area contributed by atoms with Crippen LogP contribution in [-0.2, 0) is 30.4 Å². The van der Waals surface area contributed by atoms with Gasteiger partial charge in [0.2, 0.25) is 23.6 Å². The zero-order valence-corrected chi connectivity index (χ0v) is 27.5. The molecule has 0 saturated carbocycles. The Balaban J connectivity index is 0.00000178. The number of phenolic OH excluding ortho intramolecular Hbond substituents is 2. The number of carbonyl (C=O) groups is 5. The number of carbonyl (C=O) groups excluding carboxylic acids is 4. The van der Waals surface area contributed by atoms with Gasteiger partial charge in [0.05, 0.1) is 13.1 Å². The lowest BCUT2D eigenvalue weighted by atomic mass is 9.94. The van der Waals surface area contributed by atoms with Gasteiger partial charge in [-0.1, -0.05) is 65.5 Å². The molecular weight excluding hydrogens is 618 g/mol. The Morgan fingerprint density at radius 2 is 1.56 bits per heavy atom. The number of benzene rings is 2. The van der Waals surface area contributed by atoms with Gasteiger partial charge in [0.25, 0.3) is 0 Å². The molecule has 0 aliphatic carbocycles. The summed E-state index contributed by atoms with van der Waals surface area (Å²) in [6.07, 6.45) is 7.39. The maximum Gasteiger partial charge on any atom is 0.326 e. The molecule has 0 saturated heterocycles. The summed E-state index contributed by atoms with van der Waals surface area (Å²) in [4.78, 5) is 64.3. The van der Waals surface area contributed by atoms with E-state index < -0.39 is 42.3 Å². The lowest BCUT2D eigenvalue weighted by Gasteiger charge is -2.28. The van der Waals surface area contributed by atoms with Crippen LogP contribution in [0.5, 0.6) is 11.5 Å². The Bertz CT molecular complexity index is 1380. The van der Waals surface area contributed by atoms with Crippen LogP contribution < -0.4 is 21.7 Å². The summed E-state index contributed by atoms with van der Waals surface area (Å²) in [6.45, 7) is 4.16. The molecule has 0 aromatic heterocycles. The van der Waals surface area contributed by atoms with Crippen LogP contribution in [0, 0.1) is 0 Å². The Labute approximate surface area is 283 Å². The number of nitrogens with two attached hydrogens (primary N) is 1. The van der Waals surface area contributed by atoms with E-state index in [2.05, 4.69) is 29.8 Å². The summed E-state index contributed by atoms with van der Waals surface area (Å²) in [6, 6.07) is 5.91. The van der Waals surface area contributed by atoms with E-state index in [0.29, 0.717) is 12.0 Å². The third-order valence-electron chi connectivity index (χ3n) is 7.71. The highest BCUT2D eigenvalue weighted by atomic mass is 16.4. The van der Waals surface area contributed by atoms with Gasteiger partial charge in [0.15, 0.2) is 0 Å². The number of hydrogen-bond donors (Lipinski definition) is 7. The molecule has 4 amide bonds. The number of nitrogens with one attached hydrogen (secondary N) is 3. The smallest absolute Gasteiger partial charge is 0.326 e. The molecule has 1 aliphatic rings. The zero-order chi connectivity index (χ0) is 34.9. The summed E-state index contributed by atoms with van der Waals surface area (Å²) < 4.78 is 0. The molecule has 266 valence electrons. The molecule has 1 heterocycles. The predicted octanol–water partition coefficient (Wildman–Crippen LogP) is 3.36. The molecule has 0 fully saturated rings. The number of carboxylic acid groups (broad SMARTS) is 1. The molecule has 3 rings (SSSR count). The molecule has 2 atom stereocenters. The van der Waals surface area contributed by atoms with Crippen LogP contribution in [0.25, 0.3) is 11.1 Å². The van der Waals surface area contributed by atoms with Gasteiger partial charge in [-0.05, 0) is 54.8 Å². The van der Waals surface area contributed by atoms with E-state index in [1.54, 1.807) is 0 Å². The summed E-state index contributed by atoms with van der Waals surface area (Å²) in [5.74, 6) is -4.09. The fourth-order valence-corrected chi connectivity index (χ4v) is 4.99. The Hall–Kier alpha value is -4.65. The molecule has 2 aromatic rings. The van der Waals surface area contributed by atoms with Crippen molar-refractivity contribution in [1.82, 2.24) is 20.9 Å².